The number of carbonyl (C=O) groups excluding carboxylic acids is 2. The number of carbonyl (C=O) groups is 2. The number of nitrogens with zero attached hydrogens (tertiary/aromatic N) is 4. The Morgan fingerprint density at radius 3 is 2.73 bits per heavy atom. The van der Waals surface area contributed by atoms with Crippen molar-refractivity contribution in [3.63, 3.8) is 0 Å². The number of nitrogen functional groups attached to an aromatic ring is 1. The number of nitroso groups, excluding NO2 is 1. The molecule has 4 rings (SSSR count). The standard InChI is InChI=1S/C20H20N6O3S/c1-2-22-18(28)14-10-13-17(23-20(21)24-19(13)30-14)16(25-29)11-5-7-12(8-6-11)26-9-3-4-15(26)27/h5-8,10,16H,2-4,9H2,1H3,(H,22,28)(H2,21,23,24). The Hall–Kier alpha value is -3.40. The van der Waals surface area contributed by atoms with Gasteiger partial charge in [-0.2, -0.15) is 0 Å². The minimum Gasteiger partial charge on any atom is -0.368 e. The maximum absolute atomic E-state index is 12.2. The molecule has 0 saturated carbocycles. The van der Waals surface area contributed by atoms with Crippen LogP contribution in [0.4, 0.5) is 11.6 Å². The molecule has 0 aliphatic carbocycles. The van der Waals surface area contributed by atoms with Gasteiger partial charge in [-0.3, -0.25) is 9.59 Å². The first-order chi connectivity index (χ1) is 14.5. The molecule has 0 spiro atoms. The van der Waals surface area contributed by atoms with E-state index in [1.807, 2.05) is 6.92 Å². The number of thiophene rings is 1. The van der Waals surface area contributed by atoms with Gasteiger partial charge < -0.3 is 16.0 Å². The van der Waals surface area contributed by atoms with Gasteiger partial charge in [-0.1, -0.05) is 17.3 Å². The number of fused-ring (bicyclic) bond motifs is 1. The minimum absolute atomic E-state index is 0.00901. The van der Waals surface area contributed by atoms with E-state index in [1.165, 1.54) is 11.3 Å². The summed E-state index contributed by atoms with van der Waals surface area (Å²) in [5.41, 5.74) is 7.61. The number of hydrogen-bond acceptors (Lipinski definition) is 8. The van der Waals surface area contributed by atoms with Crippen molar-refractivity contribution in [3.05, 3.63) is 51.4 Å². The summed E-state index contributed by atoms with van der Waals surface area (Å²) in [6.07, 6.45) is 1.38. The number of nitrogens with two attached hydrogens (primary N) is 1. The van der Waals surface area contributed by atoms with Gasteiger partial charge in [0.05, 0.1) is 10.6 Å². The van der Waals surface area contributed by atoms with Crippen molar-refractivity contribution in [3.8, 4) is 0 Å². The lowest BCUT2D eigenvalue weighted by molar-refractivity contribution is -0.117. The first-order valence-corrected chi connectivity index (χ1v) is 10.4. The Bertz CT molecular complexity index is 1130. The summed E-state index contributed by atoms with van der Waals surface area (Å²) >= 11 is 1.19. The zero-order valence-electron chi connectivity index (χ0n) is 16.3. The highest BCUT2D eigenvalue weighted by atomic mass is 32.1. The molecule has 1 unspecified atom stereocenters. The van der Waals surface area contributed by atoms with Gasteiger partial charge in [-0.15, -0.1) is 16.2 Å². The smallest absolute Gasteiger partial charge is 0.261 e. The van der Waals surface area contributed by atoms with Crippen molar-refractivity contribution in [2.24, 2.45) is 5.18 Å². The Labute approximate surface area is 176 Å². The van der Waals surface area contributed by atoms with Crippen molar-refractivity contribution in [2.75, 3.05) is 23.7 Å². The van der Waals surface area contributed by atoms with Gasteiger partial charge in [0.2, 0.25) is 11.9 Å². The zero-order chi connectivity index (χ0) is 21.3. The van der Waals surface area contributed by atoms with E-state index in [0.29, 0.717) is 45.9 Å². The molecule has 0 radical (unpaired) electrons. The highest BCUT2D eigenvalue weighted by molar-refractivity contribution is 7.20. The summed E-state index contributed by atoms with van der Waals surface area (Å²) in [6.45, 7) is 3.02. The molecule has 1 aliphatic rings. The Balaban J connectivity index is 1.73. The highest BCUT2D eigenvalue weighted by Crippen LogP contribution is 2.35. The lowest BCUT2D eigenvalue weighted by Gasteiger charge is -2.17. The number of rotatable bonds is 6. The maximum atomic E-state index is 12.2. The molecular weight excluding hydrogens is 404 g/mol. The second-order valence-corrected chi connectivity index (χ2v) is 7.94. The fraction of sp³-hybridized carbons (Fsp3) is 0.300. The fourth-order valence-corrected chi connectivity index (χ4v) is 4.52. The summed E-state index contributed by atoms with van der Waals surface area (Å²) < 4.78 is 0. The highest BCUT2D eigenvalue weighted by Gasteiger charge is 2.25. The summed E-state index contributed by atoms with van der Waals surface area (Å²) in [5, 5.41) is 6.59. The molecule has 0 bridgehead atoms. The van der Waals surface area contributed by atoms with Crippen LogP contribution in [0.1, 0.15) is 46.7 Å². The van der Waals surface area contributed by atoms with Gasteiger partial charge in [0, 0.05) is 30.6 Å². The molecule has 3 aromatic rings. The molecule has 3 N–H and O–H groups in total. The number of hydrogen-bond donors (Lipinski definition) is 2. The largest absolute Gasteiger partial charge is 0.368 e. The molecule has 9 nitrogen and oxygen atoms in total. The van der Waals surface area contributed by atoms with Crippen LogP contribution in [0.2, 0.25) is 0 Å². The van der Waals surface area contributed by atoms with E-state index in [9.17, 15) is 14.5 Å². The monoisotopic (exact) mass is 424 g/mol. The number of amides is 2. The van der Waals surface area contributed by atoms with E-state index in [4.69, 9.17) is 5.73 Å². The van der Waals surface area contributed by atoms with Crippen molar-refractivity contribution >= 4 is 45.0 Å². The first kappa shape index (κ1) is 19.9. The molecule has 2 amide bonds. The maximum Gasteiger partial charge on any atom is 0.261 e. The first-order valence-electron chi connectivity index (χ1n) is 9.59. The van der Waals surface area contributed by atoms with Crippen LogP contribution in [0.5, 0.6) is 0 Å². The normalized spacial score (nSPS) is 14.8. The van der Waals surface area contributed by atoms with Gasteiger partial charge in [0.15, 0.2) is 6.04 Å². The predicted molar refractivity (Wildman–Crippen MR) is 116 cm³/mol. The molecule has 1 saturated heterocycles. The van der Waals surface area contributed by atoms with Crippen LogP contribution in [0.25, 0.3) is 10.2 Å². The summed E-state index contributed by atoms with van der Waals surface area (Å²) in [7, 11) is 0. The quantitative estimate of drug-likeness (QED) is 0.585. The van der Waals surface area contributed by atoms with Crippen LogP contribution < -0.4 is 16.0 Å². The zero-order valence-corrected chi connectivity index (χ0v) is 17.1. The van der Waals surface area contributed by atoms with Gasteiger partial charge in [-0.05, 0) is 37.1 Å². The number of nitrogens with one attached hydrogen (secondary N) is 1. The molecule has 3 heterocycles. The molecule has 1 aliphatic heterocycles. The second-order valence-electron chi connectivity index (χ2n) is 6.90. The van der Waals surface area contributed by atoms with E-state index in [-0.39, 0.29) is 17.8 Å². The molecule has 154 valence electrons. The van der Waals surface area contributed by atoms with E-state index >= 15 is 0 Å². The average molecular weight is 424 g/mol. The second kappa shape index (κ2) is 8.15. The molecule has 1 atom stereocenters. The molecule has 10 heteroatoms. The molecule has 30 heavy (non-hydrogen) atoms. The Kier molecular flexibility index (Phi) is 5.40. The summed E-state index contributed by atoms with van der Waals surface area (Å²) in [4.78, 5) is 47.1. The molecule has 1 aromatic carbocycles. The molecule has 2 aromatic heterocycles. The van der Waals surface area contributed by atoms with Crippen LogP contribution in [0.15, 0.2) is 35.5 Å². The number of anilines is 2. The predicted octanol–water partition coefficient (Wildman–Crippen LogP) is 3.01. The van der Waals surface area contributed by atoms with Crippen molar-refractivity contribution < 1.29 is 9.59 Å². The topological polar surface area (TPSA) is 131 Å². The van der Waals surface area contributed by atoms with Crippen molar-refractivity contribution in [1.29, 1.82) is 0 Å². The number of benzene rings is 1. The van der Waals surface area contributed by atoms with E-state index in [0.717, 1.165) is 12.1 Å². The third-order valence-corrected chi connectivity index (χ3v) is 5.99. The minimum atomic E-state index is -0.919. The van der Waals surface area contributed by atoms with E-state index in [2.05, 4.69) is 20.5 Å². The van der Waals surface area contributed by atoms with Crippen LogP contribution in [-0.2, 0) is 4.79 Å². The molecule has 1 fully saturated rings. The SMILES string of the molecule is CCNC(=O)c1cc2c(C(N=O)c3ccc(N4CCCC4=O)cc3)nc(N)nc2s1. The van der Waals surface area contributed by atoms with Gasteiger partial charge in [0.25, 0.3) is 5.91 Å². The Morgan fingerprint density at radius 2 is 2.10 bits per heavy atom. The van der Waals surface area contributed by atoms with E-state index in [1.54, 1.807) is 35.2 Å². The summed E-state index contributed by atoms with van der Waals surface area (Å²) in [6, 6.07) is 7.86. The van der Waals surface area contributed by atoms with Crippen LogP contribution >= 0.6 is 11.3 Å². The fourth-order valence-electron chi connectivity index (χ4n) is 3.56. The van der Waals surface area contributed by atoms with Crippen LogP contribution in [0, 0.1) is 4.91 Å². The van der Waals surface area contributed by atoms with Gasteiger partial charge in [-0.25, -0.2) is 9.97 Å². The summed E-state index contributed by atoms with van der Waals surface area (Å²) in [5.74, 6) is -0.121. The Morgan fingerprint density at radius 1 is 1.33 bits per heavy atom. The third kappa shape index (κ3) is 3.61. The van der Waals surface area contributed by atoms with Gasteiger partial charge >= 0.3 is 0 Å². The van der Waals surface area contributed by atoms with E-state index < -0.39 is 6.04 Å². The lowest BCUT2D eigenvalue weighted by atomic mass is 10.0. The average Bonchev–Trinajstić information content (AvgIpc) is 3.35. The van der Waals surface area contributed by atoms with Crippen molar-refractivity contribution in [1.82, 2.24) is 15.3 Å². The molecular formula is C20H20N6O3S. The lowest BCUT2D eigenvalue weighted by Crippen LogP contribution is -2.23. The number of aromatic nitrogens is 2. The van der Waals surface area contributed by atoms with Crippen LogP contribution in [0.3, 0.4) is 0 Å². The van der Waals surface area contributed by atoms with Crippen molar-refractivity contribution in [2.45, 2.75) is 25.8 Å². The van der Waals surface area contributed by atoms with Gasteiger partial charge in [0.1, 0.15) is 4.83 Å². The van der Waals surface area contributed by atoms with Crippen LogP contribution in [-0.4, -0.2) is 34.9 Å². The third-order valence-electron chi connectivity index (χ3n) is 4.96.